The molecule has 0 saturated heterocycles. The topological polar surface area (TPSA) is 95.7 Å². The van der Waals surface area contributed by atoms with E-state index in [1.807, 2.05) is 18.2 Å². The van der Waals surface area contributed by atoms with Crippen molar-refractivity contribution in [1.82, 2.24) is 15.5 Å². The van der Waals surface area contributed by atoms with Crippen molar-refractivity contribution in [3.05, 3.63) is 54.4 Å². The van der Waals surface area contributed by atoms with Crippen LogP contribution in [0.15, 0.2) is 53.1 Å². The van der Waals surface area contributed by atoms with Crippen LogP contribution >= 0.6 is 0 Å². The number of aromatic nitrogens is 2. The number of para-hydroxylation sites is 1. The molecule has 0 aliphatic rings. The third-order valence-corrected chi connectivity index (χ3v) is 3.95. The number of hydrogen-bond acceptors (Lipinski definition) is 7. The zero-order valence-corrected chi connectivity index (χ0v) is 15.8. The number of nitrogens with zero attached hydrogens (tertiary/aromatic N) is 2. The van der Waals surface area contributed by atoms with Crippen LogP contribution < -0.4 is 19.5 Å². The van der Waals surface area contributed by atoms with E-state index in [0.717, 1.165) is 0 Å². The lowest BCUT2D eigenvalue weighted by molar-refractivity contribution is -0.127. The predicted molar refractivity (Wildman–Crippen MR) is 101 cm³/mol. The first-order valence-electron chi connectivity index (χ1n) is 8.65. The molecule has 1 amide bonds. The Morgan fingerprint density at radius 2 is 1.86 bits per heavy atom. The Morgan fingerprint density at radius 1 is 1.11 bits per heavy atom. The van der Waals surface area contributed by atoms with Crippen LogP contribution in [-0.4, -0.2) is 36.4 Å². The third-order valence-electron chi connectivity index (χ3n) is 3.95. The van der Waals surface area contributed by atoms with Gasteiger partial charge in [-0.25, -0.2) is 0 Å². The van der Waals surface area contributed by atoms with Gasteiger partial charge in [-0.05, 0) is 37.3 Å². The van der Waals surface area contributed by atoms with Gasteiger partial charge in [-0.1, -0.05) is 23.4 Å². The average Bonchev–Trinajstić information content (AvgIpc) is 3.21. The Hall–Kier alpha value is -3.55. The van der Waals surface area contributed by atoms with Gasteiger partial charge in [0.05, 0.1) is 20.8 Å². The van der Waals surface area contributed by atoms with E-state index in [1.165, 1.54) is 0 Å². The largest absolute Gasteiger partial charge is 0.493 e. The molecule has 2 aromatic carbocycles. The first-order valence-corrected chi connectivity index (χ1v) is 8.65. The van der Waals surface area contributed by atoms with Gasteiger partial charge in [0, 0.05) is 5.56 Å². The molecular formula is C20H21N3O5. The molecule has 1 aromatic heterocycles. The average molecular weight is 383 g/mol. The highest BCUT2D eigenvalue weighted by Gasteiger charge is 2.17. The molecule has 0 aliphatic heterocycles. The van der Waals surface area contributed by atoms with Gasteiger partial charge in [-0.2, -0.15) is 4.98 Å². The summed E-state index contributed by atoms with van der Waals surface area (Å²) in [6, 6.07) is 14.4. The number of benzene rings is 2. The van der Waals surface area contributed by atoms with Crippen molar-refractivity contribution in [2.75, 3.05) is 14.2 Å². The van der Waals surface area contributed by atoms with Crippen LogP contribution in [0.3, 0.4) is 0 Å². The SMILES string of the molecule is COc1ccc(-c2noc(CNC(=O)[C@@H](C)Oc3ccccc3)n2)cc1OC. The Bertz CT molecular complexity index is 927. The maximum absolute atomic E-state index is 12.2. The summed E-state index contributed by atoms with van der Waals surface area (Å²) in [7, 11) is 3.12. The van der Waals surface area contributed by atoms with Gasteiger partial charge in [0.2, 0.25) is 11.7 Å². The lowest BCUT2D eigenvalue weighted by Crippen LogP contribution is -2.35. The number of carbonyl (C=O) groups is 1. The van der Waals surface area contributed by atoms with E-state index in [0.29, 0.717) is 28.6 Å². The molecule has 8 nitrogen and oxygen atoms in total. The highest BCUT2D eigenvalue weighted by atomic mass is 16.5. The van der Waals surface area contributed by atoms with Crippen LogP contribution in [0, 0.1) is 0 Å². The summed E-state index contributed by atoms with van der Waals surface area (Å²) in [5.74, 6) is 2.18. The van der Waals surface area contributed by atoms with E-state index in [1.54, 1.807) is 51.5 Å². The Labute approximate surface area is 162 Å². The number of amides is 1. The summed E-state index contributed by atoms with van der Waals surface area (Å²) in [6.07, 6.45) is -0.657. The minimum absolute atomic E-state index is 0.0988. The molecule has 1 heterocycles. The number of nitrogens with one attached hydrogen (secondary N) is 1. The maximum atomic E-state index is 12.2. The normalized spacial score (nSPS) is 11.5. The molecule has 3 rings (SSSR count). The standard InChI is InChI=1S/C20H21N3O5/c1-13(27-15-7-5-4-6-8-15)20(24)21-12-18-22-19(23-28-18)14-9-10-16(25-2)17(11-14)26-3/h4-11,13H,12H2,1-3H3,(H,21,24)/t13-/m1/s1. The first kappa shape index (κ1) is 19.2. The van der Waals surface area contributed by atoms with Crippen LogP contribution in [0.1, 0.15) is 12.8 Å². The lowest BCUT2D eigenvalue weighted by Gasteiger charge is -2.13. The minimum atomic E-state index is -0.657. The van der Waals surface area contributed by atoms with Gasteiger partial charge in [0.25, 0.3) is 5.91 Å². The van der Waals surface area contributed by atoms with Crippen molar-refractivity contribution in [2.45, 2.75) is 19.6 Å². The van der Waals surface area contributed by atoms with E-state index < -0.39 is 6.10 Å². The van der Waals surface area contributed by atoms with Gasteiger partial charge in [-0.3, -0.25) is 4.79 Å². The van der Waals surface area contributed by atoms with Crippen LogP contribution in [-0.2, 0) is 11.3 Å². The number of ether oxygens (including phenoxy) is 3. The molecule has 146 valence electrons. The van der Waals surface area contributed by atoms with E-state index >= 15 is 0 Å². The molecule has 0 spiro atoms. The summed E-state index contributed by atoms with van der Waals surface area (Å²) in [5.41, 5.74) is 0.708. The van der Waals surface area contributed by atoms with E-state index in [9.17, 15) is 4.79 Å². The van der Waals surface area contributed by atoms with Gasteiger partial charge in [0.1, 0.15) is 5.75 Å². The molecule has 0 unspecified atom stereocenters. The van der Waals surface area contributed by atoms with Gasteiger partial charge >= 0.3 is 0 Å². The quantitative estimate of drug-likeness (QED) is 0.639. The fourth-order valence-electron chi connectivity index (χ4n) is 2.48. The van der Waals surface area contributed by atoms with Crippen LogP contribution in [0.2, 0.25) is 0 Å². The Morgan fingerprint density at radius 3 is 2.57 bits per heavy atom. The van der Waals surface area contributed by atoms with Gasteiger partial charge < -0.3 is 24.1 Å². The Balaban J connectivity index is 1.59. The summed E-state index contributed by atoms with van der Waals surface area (Å²) >= 11 is 0. The lowest BCUT2D eigenvalue weighted by atomic mass is 10.2. The molecule has 0 saturated carbocycles. The zero-order chi connectivity index (χ0) is 19.9. The molecule has 0 bridgehead atoms. The molecule has 3 aromatic rings. The highest BCUT2D eigenvalue weighted by molar-refractivity contribution is 5.80. The smallest absolute Gasteiger partial charge is 0.261 e. The molecule has 28 heavy (non-hydrogen) atoms. The maximum Gasteiger partial charge on any atom is 0.261 e. The van der Waals surface area contributed by atoms with Gasteiger partial charge in [-0.15, -0.1) is 0 Å². The fraction of sp³-hybridized carbons (Fsp3) is 0.250. The number of rotatable bonds is 8. The van der Waals surface area contributed by atoms with Crippen molar-refractivity contribution in [3.63, 3.8) is 0 Å². The number of carbonyl (C=O) groups excluding carboxylic acids is 1. The number of methoxy groups -OCH3 is 2. The third kappa shape index (κ3) is 4.59. The zero-order valence-electron chi connectivity index (χ0n) is 15.8. The van der Waals surface area contributed by atoms with Crippen molar-refractivity contribution in [3.8, 4) is 28.6 Å². The second-order valence-corrected chi connectivity index (χ2v) is 5.87. The molecular weight excluding hydrogens is 362 g/mol. The van der Waals surface area contributed by atoms with E-state index in [-0.39, 0.29) is 18.3 Å². The second-order valence-electron chi connectivity index (χ2n) is 5.87. The van der Waals surface area contributed by atoms with Gasteiger partial charge in [0.15, 0.2) is 17.6 Å². The fourth-order valence-corrected chi connectivity index (χ4v) is 2.48. The molecule has 0 aliphatic carbocycles. The second kappa shape index (κ2) is 8.90. The van der Waals surface area contributed by atoms with Crippen LogP contribution in [0.25, 0.3) is 11.4 Å². The van der Waals surface area contributed by atoms with Crippen molar-refractivity contribution >= 4 is 5.91 Å². The molecule has 0 radical (unpaired) electrons. The Kier molecular flexibility index (Phi) is 6.11. The predicted octanol–water partition coefficient (Wildman–Crippen LogP) is 2.84. The van der Waals surface area contributed by atoms with Crippen LogP contribution in [0.5, 0.6) is 17.2 Å². The molecule has 1 atom stereocenters. The first-order chi connectivity index (χ1) is 13.6. The van der Waals surface area contributed by atoms with E-state index in [4.69, 9.17) is 18.7 Å². The van der Waals surface area contributed by atoms with Crippen molar-refractivity contribution < 1.29 is 23.5 Å². The molecule has 0 fully saturated rings. The summed E-state index contributed by atoms with van der Waals surface area (Å²) in [6.45, 7) is 1.77. The summed E-state index contributed by atoms with van der Waals surface area (Å²) < 4.78 is 21.3. The molecule has 1 N–H and O–H groups in total. The summed E-state index contributed by atoms with van der Waals surface area (Å²) in [5, 5.41) is 6.66. The monoisotopic (exact) mass is 383 g/mol. The van der Waals surface area contributed by atoms with E-state index in [2.05, 4.69) is 15.5 Å². The minimum Gasteiger partial charge on any atom is -0.493 e. The van der Waals surface area contributed by atoms with Crippen molar-refractivity contribution in [2.24, 2.45) is 0 Å². The highest BCUT2D eigenvalue weighted by Crippen LogP contribution is 2.31. The molecule has 8 heteroatoms. The summed E-state index contributed by atoms with van der Waals surface area (Å²) in [4.78, 5) is 16.5. The number of hydrogen-bond donors (Lipinski definition) is 1. The van der Waals surface area contributed by atoms with Crippen molar-refractivity contribution in [1.29, 1.82) is 0 Å². The van der Waals surface area contributed by atoms with Crippen LogP contribution in [0.4, 0.5) is 0 Å².